The lowest BCUT2D eigenvalue weighted by atomic mass is 10.2. The van der Waals surface area contributed by atoms with E-state index in [1.54, 1.807) is 27.8 Å². The number of ether oxygens (including phenoxy) is 1. The van der Waals surface area contributed by atoms with E-state index in [0.717, 1.165) is 0 Å². The van der Waals surface area contributed by atoms with Gasteiger partial charge in [0.2, 0.25) is 0 Å². The molecule has 92 valence electrons. The second-order valence-corrected chi connectivity index (χ2v) is 4.91. The topological polar surface area (TPSA) is 79.5 Å². The Kier molecular flexibility index (Phi) is 3.42. The van der Waals surface area contributed by atoms with Gasteiger partial charge in [-0.15, -0.1) is 0 Å². The number of nitrogens with one attached hydrogen (secondary N) is 3. The first-order valence-electron chi connectivity index (χ1n) is 5.27. The molecule has 0 aromatic heterocycles. The van der Waals surface area contributed by atoms with E-state index in [-0.39, 0.29) is 5.91 Å². The minimum absolute atomic E-state index is 0.235. The van der Waals surface area contributed by atoms with Crippen LogP contribution in [0.15, 0.2) is 0 Å². The van der Waals surface area contributed by atoms with Gasteiger partial charge < -0.3 is 10.1 Å². The van der Waals surface area contributed by atoms with Gasteiger partial charge in [0, 0.05) is 7.05 Å². The van der Waals surface area contributed by atoms with Crippen LogP contribution in [0.4, 0.5) is 4.79 Å². The third kappa shape index (κ3) is 3.37. The number of rotatable bonds is 3. The minimum atomic E-state index is -0.786. The third-order valence-electron chi connectivity index (χ3n) is 2.16. The Hall–Kier alpha value is -1.30. The zero-order valence-corrected chi connectivity index (χ0v) is 10.1. The van der Waals surface area contributed by atoms with Crippen LogP contribution in [-0.2, 0) is 9.53 Å². The molecule has 0 bridgehead atoms. The van der Waals surface area contributed by atoms with Crippen molar-refractivity contribution >= 4 is 12.0 Å². The molecular formula is C10H19N3O3. The average Bonchev–Trinajstić information content (AvgIpc) is 2.82. The van der Waals surface area contributed by atoms with Crippen molar-refractivity contribution in [2.45, 2.75) is 44.8 Å². The highest BCUT2D eigenvalue weighted by Crippen LogP contribution is 2.35. The van der Waals surface area contributed by atoms with Crippen LogP contribution in [0.25, 0.3) is 0 Å². The summed E-state index contributed by atoms with van der Waals surface area (Å²) >= 11 is 0. The van der Waals surface area contributed by atoms with Crippen LogP contribution in [0.5, 0.6) is 0 Å². The zero-order valence-electron chi connectivity index (χ0n) is 10.1. The van der Waals surface area contributed by atoms with Crippen LogP contribution < -0.4 is 16.2 Å². The first-order chi connectivity index (χ1) is 7.29. The molecule has 0 heterocycles. The lowest BCUT2D eigenvalue weighted by Gasteiger charge is -2.22. The molecule has 1 aliphatic rings. The van der Waals surface area contributed by atoms with Crippen molar-refractivity contribution in [2.24, 2.45) is 0 Å². The molecule has 0 spiro atoms. The summed E-state index contributed by atoms with van der Waals surface area (Å²) in [5.74, 6) is -0.235. The molecule has 6 nitrogen and oxygen atoms in total. The SMILES string of the molecule is CNNC(=O)C1(NC(=O)OC(C)(C)C)CC1. The summed E-state index contributed by atoms with van der Waals surface area (Å²) in [6.45, 7) is 5.33. The molecule has 0 aromatic carbocycles. The number of hydrogen-bond donors (Lipinski definition) is 3. The number of hydrazine groups is 1. The highest BCUT2D eigenvalue weighted by molar-refractivity contribution is 5.92. The second kappa shape index (κ2) is 4.29. The first-order valence-corrected chi connectivity index (χ1v) is 5.27. The standard InChI is InChI=1S/C10H19N3O3/c1-9(2,3)16-8(15)12-10(5-6-10)7(14)13-11-4/h11H,5-6H2,1-4H3,(H,12,15)(H,13,14). The fourth-order valence-electron chi connectivity index (χ4n) is 1.27. The van der Waals surface area contributed by atoms with Gasteiger partial charge in [0.1, 0.15) is 11.1 Å². The number of hydrogen-bond acceptors (Lipinski definition) is 4. The van der Waals surface area contributed by atoms with Gasteiger partial charge in [0.25, 0.3) is 5.91 Å². The molecule has 2 amide bonds. The molecule has 0 atom stereocenters. The molecule has 1 fully saturated rings. The Balaban J connectivity index is 2.48. The molecule has 16 heavy (non-hydrogen) atoms. The predicted molar refractivity (Wildman–Crippen MR) is 58.5 cm³/mol. The van der Waals surface area contributed by atoms with E-state index in [1.165, 1.54) is 0 Å². The van der Waals surface area contributed by atoms with Crippen LogP contribution in [0, 0.1) is 0 Å². The summed E-state index contributed by atoms with van der Waals surface area (Å²) in [6, 6.07) is 0. The predicted octanol–water partition coefficient (Wildman–Crippen LogP) is 0.294. The van der Waals surface area contributed by atoms with Crippen LogP contribution in [0.2, 0.25) is 0 Å². The number of alkyl carbamates (subject to hydrolysis) is 1. The van der Waals surface area contributed by atoms with Crippen molar-refractivity contribution in [2.75, 3.05) is 7.05 Å². The Morgan fingerprint density at radius 2 is 1.81 bits per heavy atom. The maximum absolute atomic E-state index is 11.6. The minimum Gasteiger partial charge on any atom is -0.444 e. The van der Waals surface area contributed by atoms with Gasteiger partial charge in [0.15, 0.2) is 0 Å². The Morgan fingerprint density at radius 3 is 2.19 bits per heavy atom. The van der Waals surface area contributed by atoms with Crippen LogP contribution in [-0.4, -0.2) is 30.2 Å². The van der Waals surface area contributed by atoms with Gasteiger partial charge in [-0.05, 0) is 33.6 Å². The van der Waals surface area contributed by atoms with Crippen molar-refractivity contribution in [1.29, 1.82) is 0 Å². The maximum atomic E-state index is 11.6. The van der Waals surface area contributed by atoms with E-state index in [9.17, 15) is 9.59 Å². The van der Waals surface area contributed by atoms with Gasteiger partial charge in [-0.25, -0.2) is 10.2 Å². The van der Waals surface area contributed by atoms with Crippen molar-refractivity contribution in [3.05, 3.63) is 0 Å². The van der Waals surface area contributed by atoms with Crippen molar-refractivity contribution in [1.82, 2.24) is 16.2 Å². The van der Waals surface area contributed by atoms with Crippen molar-refractivity contribution in [3.63, 3.8) is 0 Å². The van der Waals surface area contributed by atoms with Gasteiger partial charge in [0.05, 0.1) is 0 Å². The second-order valence-electron chi connectivity index (χ2n) is 4.91. The molecule has 0 unspecified atom stereocenters. The molecule has 1 rings (SSSR count). The third-order valence-corrected chi connectivity index (χ3v) is 2.16. The van der Waals surface area contributed by atoms with E-state index < -0.39 is 17.2 Å². The summed E-state index contributed by atoms with van der Waals surface area (Å²) in [5.41, 5.74) is 3.66. The lowest BCUT2D eigenvalue weighted by molar-refractivity contribution is -0.125. The van der Waals surface area contributed by atoms with Gasteiger partial charge >= 0.3 is 6.09 Å². The molecule has 0 aromatic rings. The number of carbonyl (C=O) groups excluding carboxylic acids is 2. The normalized spacial score (nSPS) is 17.5. The molecule has 3 N–H and O–H groups in total. The largest absolute Gasteiger partial charge is 0.444 e. The summed E-state index contributed by atoms with van der Waals surface area (Å²) in [4.78, 5) is 23.1. The number of carbonyl (C=O) groups is 2. The highest BCUT2D eigenvalue weighted by atomic mass is 16.6. The summed E-state index contributed by atoms with van der Waals surface area (Å²) in [7, 11) is 1.60. The molecule has 1 saturated carbocycles. The Morgan fingerprint density at radius 1 is 1.25 bits per heavy atom. The molecular weight excluding hydrogens is 210 g/mol. The van der Waals surface area contributed by atoms with E-state index >= 15 is 0 Å². The van der Waals surface area contributed by atoms with Crippen molar-refractivity contribution < 1.29 is 14.3 Å². The van der Waals surface area contributed by atoms with Gasteiger partial charge in [-0.2, -0.15) is 0 Å². The van der Waals surface area contributed by atoms with Gasteiger partial charge in [-0.1, -0.05) is 0 Å². The molecule has 0 saturated heterocycles. The molecule has 1 aliphatic carbocycles. The average molecular weight is 229 g/mol. The summed E-state index contributed by atoms with van der Waals surface area (Å²) < 4.78 is 5.09. The maximum Gasteiger partial charge on any atom is 0.408 e. The fourth-order valence-corrected chi connectivity index (χ4v) is 1.27. The van der Waals surface area contributed by atoms with E-state index in [2.05, 4.69) is 16.2 Å². The summed E-state index contributed by atoms with van der Waals surface area (Å²) in [6.07, 6.45) is 0.718. The van der Waals surface area contributed by atoms with E-state index in [0.29, 0.717) is 12.8 Å². The van der Waals surface area contributed by atoms with Crippen LogP contribution in [0.3, 0.4) is 0 Å². The lowest BCUT2D eigenvalue weighted by Crippen LogP contribution is -2.52. The summed E-state index contributed by atoms with van der Waals surface area (Å²) in [5, 5.41) is 2.60. The van der Waals surface area contributed by atoms with E-state index in [1.807, 2.05) is 0 Å². The van der Waals surface area contributed by atoms with Crippen LogP contribution >= 0.6 is 0 Å². The van der Waals surface area contributed by atoms with Crippen LogP contribution in [0.1, 0.15) is 33.6 Å². The quantitative estimate of drug-likeness (QED) is 0.608. The first kappa shape index (κ1) is 12.8. The molecule has 0 radical (unpaired) electrons. The molecule has 6 heteroatoms. The Bertz CT molecular complexity index is 292. The fraction of sp³-hybridized carbons (Fsp3) is 0.800. The molecule has 0 aliphatic heterocycles. The smallest absolute Gasteiger partial charge is 0.408 e. The highest BCUT2D eigenvalue weighted by Gasteiger charge is 2.51. The Labute approximate surface area is 95.1 Å². The number of amides is 2. The monoisotopic (exact) mass is 229 g/mol. The van der Waals surface area contributed by atoms with Gasteiger partial charge in [-0.3, -0.25) is 10.2 Å². The van der Waals surface area contributed by atoms with E-state index in [4.69, 9.17) is 4.74 Å². The van der Waals surface area contributed by atoms with Crippen molar-refractivity contribution in [3.8, 4) is 0 Å². The zero-order chi connectivity index (χ0) is 12.4.